The van der Waals surface area contributed by atoms with Crippen molar-refractivity contribution in [1.29, 1.82) is 0 Å². The molecule has 2 heterocycles. The van der Waals surface area contributed by atoms with Crippen LogP contribution in [0.4, 0.5) is 5.69 Å². The van der Waals surface area contributed by atoms with Gasteiger partial charge in [-0.1, -0.05) is 6.07 Å². The van der Waals surface area contributed by atoms with Crippen LogP contribution in [-0.4, -0.2) is 35.8 Å². The molecule has 0 saturated carbocycles. The van der Waals surface area contributed by atoms with Crippen molar-refractivity contribution < 1.29 is 9.59 Å². The van der Waals surface area contributed by atoms with Gasteiger partial charge in [0.15, 0.2) is 0 Å². The highest BCUT2D eigenvalue weighted by Gasteiger charge is 2.29. The van der Waals surface area contributed by atoms with E-state index in [-0.39, 0.29) is 17.9 Å². The van der Waals surface area contributed by atoms with Crippen molar-refractivity contribution >= 4 is 17.5 Å². The number of carbonyl (C=O) groups is 2. The topological polar surface area (TPSA) is 75.4 Å². The number of amides is 2. The lowest BCUT2D eigenvalue weighted by atomic mass is 10.0. The molecule has 3 N–H and O–H groups in total. The van der Waals surface area contributed by atoms with E-state index < -0.39 is 0 Å². The molecule has 2 amide bonds. The Morgan fingerprint density at radius 2 is 2.18 bits per heavy atom. The Bertz CT molecular complexity index is 506. The highest BCUT2D eigenvalue weighted by molar-refractivity contribution is 6.02. The number of benzene rings is 1. The number of hydrogen-bond donors (Lipinski definition) is 2. The number of nitrogens with zero attached hydrogens (tertiary/aromatic N) is 1. The summed E-state index contributed by atoms with van der Waals surface area (Å²) in [6, 6.07) is 5.45. The van der Waals surface area contributed by atoms with Crippen LogP contribution >= 0.6 is 0 Å². The molecule has 0 atom stereocenters. The molecule has 2 aliphatic heterocycles. The van der Waals surface area contributed by atoms with E-state index in [1.54, 1.807) is 17.0 Å². The lowest BCUT2D eigenvalue weighted by Gasteiger charge is -2.36. The third-order valence-electron chi connectivity index (χ3n) is 3.18. The van der Waals surface area contributed by atoms with Gasteiger partial charge in [-0.05, 0) is 17.7 Å². The molecule has 0 aliphatic carbocycles. The zero-order valence-electron chi connectivity index (χ0n) is 9.27. The minimum Gasteiger partial charge on any atom is -0.335 e. The van der Waals surface area contributed by atoms with Gasteiger partial charge in [0.1, 0.15) is 0 Å². The van der Waals surface area contributed by atoms with Crippen LogP contribution in [0.2, 0.25) is 0 Å². The Morgan fingerprint density at radius 1 is 1.41 bits per heavy atom. The number of carbonyl (C=O) groups excluding carboxylic acids is 2. The first kappa shape index (κ1) is 10.3. The standard InChI is InChI=1S/C12H13N3O2/c13-9-5-15(6-9)12(17)8-2-1-7-4-11(16)14-10(7)3-8/h1-3,9H,4-6,13H2,(H,14,16). The number of fused-ring (bicyclic) bond motifs is 1. The molecule has 17 heavy (non-hydrogen) atoms. The first-order valence-electron chi connectivity index (χ1n) is 5.61. The quantitative estimate of drug-likeness (QED) is 0.712. The Hall–Kier alpha value is -1.88. The van der Waals surface area contributed by atoms with Crippen LogP contribution in [0.25, 0.3) is 0 Å². The molecule has 0 bridgehead atoms. The number of likely N-dealkylation sites (tertiary alicyclic amines) is 1. The fraction of sp³-hybridized carbons (Fsp3) is 0.333. The number of anilines is 1. The minimum atomic E-state index is -0.0180. The zero-order valence-corrected chi connectivity index (χ0v) is 9.27. The summed E-state index contributed by atoms with van der Waals surface area (Å²) >= 11 is 0. The molecule has 3 rings (SSSR count). The predicted octanol–water partition coefficient (Wildman–Crippen LogP) is -0.0357. The summed E-state index contributed by atoms with van der Waals surface area (Å²) in [4.78, 5) is 24.9. The monoisotopic (exact) mass is 231 g/mol. The van der Waals surface area contributed by atoms with Crippen molar-refractivity contribution in [2.45, 2.75) is 12.5 Å². The van der Waals surface area contributed by atoms with Gasteiger partial charge in [0, 0.05) is 30.4 Å². The van der Waals surface area contributed by atoms with Crippen molar-refractivity contribution in [3.63, 3.8) is 0 Å². The summed E-state index contributed by atoms with van der Waals surface area (Å²) in [6.45, 7) is 1.23. The van der Waals surface area contributed by atoms with E-state index in [1.165, 1.54) is 0 Å². The van der Waals surface area contributed by atoms with E-state index in [4.69, 9.17) is 5.73 Å². The van der Waals surface area contributed by atoms with E-state index in [0.29, 0.717) is 25.1 Å². The smallest absolute Gasteiger partial charge is 0.254 e. The van der Waals surface area contributed by atoms with Gasteiger partial charge < -0.3 is 16.0 Å². The van der Waals surface area contributed by atoms with Crippen LogP contribution in [0.3, 0.4) is 0 Å². The number of nitrogens with two attached hydrogens (primary N) is 1. The molecule has 0 spiro atoms. The molecule has 1 aromatic rings. The van der Waals surface area contributed by atoms with Gasteiger partial charge in [-0.25, -0.2) is 0 Å². The lowest BCUT2D eigenvalue weighted by molar-refractivity contribution is -0.115. The SMILES string of the molecule is NC1CN(C(=O)c2ccc3c(c2)NC(=O)C3)C1. The molecule has 0 aromatic heterocycles. The predicted molar refractivity (Wildman–Crippen MR) is 62.7 cm³/mol. The number of rotatable bonds is 1. The summed E-state index contributed by atoms with van der Waals surface area (Å²) in [5.41, 5.74) is 7.96. The summed E-state index contributed by atoms with van der Waals surface area (Å²) in [6.07, 6.45) is 0.401. The van der Waals surface area contributed by atoms with Gasteiger partial charge in [0.05, 0.1) is 6.42 Å². The highest BCUT2D eigenvalue weighted by Crippen LogP contribution is 2.25. The molecule has 5 nitrogen and oxygen atoms in total. The first-order valence-corrected chi connectivity index (χ1v) is 5.61. The van der Waals surface area contributed by atoms with Crippen LogP contribution in [0, 0.1) is 0 Å². The first-order chi connectivity index (χ1) is 8.13. The van der Waals surface area contributed by atoms with Crippen LogP contribution < -0.4 is 11.1 Å². The van der Waals surface area contributed by atoms with Crippen molar-refractivity contribution in [2.24, 2.45) is 5.73 Å². The maximum Gasteiger partial charge on any atom is 0.254 e. The molecule has 1 saturated heterocycles. The Labute approximate surface area is 98.6 Å². The van der Waals surface area contributed by atoms with Crippen LogP contribution in [0.1, 0.15) is 15.9 Å². The second-order valence-corrected chi connectivity index (χ2v) is 4.57. The maximum atomic E-state index is 12.0. The zero-order chi connectivity index (χ0) is 12.0. The fourth-order valence-electron chi connectivity index (χ4n) is 2.21. The summed E-state index contributed by atoms with van der Waals surface area (Å²) < 4.78 is 0. The molecule has 1 fully saturated rings. The molecular weight excluding hydrogens is 218 g/mol. The normalized spacial score (nSPS) is 18.6. The van der Waals surface area contributed by atoms with E-state index >= 15 is 0 Å². The van der Waals surface area contributed by atoms with Crippen molar-refractivity contribution in [1.82, 2.24) is 4.90 Å². The average molecular weight is 231 g/mol. The molecule has 0 radical (unpaired) electrons. The summed E-state index contributed by atoms with van der Waals surface area (Å²) in [7, 11) is 0. The minimum absolute atomic E-state index is 0.0179. The van der Waals surface area contributed by atoms with Crippen molar-refractivity contribution in [3.8, 4) is 0 Å². The van der Waals surface area contributed by atoms with Crippen molar-refractivity contribution in [2.75, 3.05) is 18.4 Å². The number of nitrogens with one attached hydrogen (secondary N) is 1. The maximum absolute atomic E-state index is 12.0. The van der Waals surface area contributed by atoms with Gasteiger partial charge in [-0.15, -0.1) is 0 Å². The molecule has 2 aliphatic rings. The van der Waals surface area contributed by atoms with Gasteiger partial charge in [0.2, 0.25) is 5.91 Å². The van der Waals surface area contributed by atoms with Gasteiger partial charge in [0.25, 0.3) is 5.91 Å². The third-order valence-corrected chi connectivity index (χ3v) is 3.18. The fourth-order valence-corrected chi connectivity index (χ4v) is 2.21. The molecular formula is C12H13N3O2. The van der Waals surface area contributed by atoms with Crippen LogP contribution in [0.15, 0.2) is 18.2 Å². The Kier molecular flexibility index (Phi) is 2.16. The largest absolute Gasteiger partial charge is 0.335 e. The van der Waals surface area contributed by atoms with Crippen LogP contribution in [0.5, 0.6) is 0 Å². The number of hydrogen-bond acceptors (Lipinski definition) is 3. The third kappa shape index (κ3) is 1.68. The highest BCUT2D eigenvalue weighted by atomic mass is 16.2. The van der Waals surface area contributed by atoms with Crippen LogP contribution in [-0.2, 0) is 11.2 Å². The second-order valence-electron chi connectivity index (χ2n) is 4.57. The van der Waals surface area contributed by atoms with E-state index in [1.807, 2.05) is 6.07 Å². The van der Waals surface area contributed by atoms with E-state index in [2.05, 4.69) is 5.32 Å². The molecule has 1 aromatic carbocycles. The molecule has 0 unspecified atom stereocenters. The summed E-state index contributed by atoms with van der Waals surface area (Å²) in [5.74, 6) is -0.0359. The second kappa shape index (κ2) is 3.56. The summed E-state index contributed by atoms with van der Waals surface area (Å²) in [5, 5.41) is 2.74. The van der Waals surface area contributed by atoms with Gasteiger partial charge in [-0.3, -0.25) is 9.59 Å². The Morgan fingerprint density at radius 3 is 2.88 bits per heavy atom. The molecule has 88 valence electrons. The Balaban J connectivity index is 1.83. The lowest BCUT2D eigenvalue weighted by Crippen LogP contribution is -2.57. The van der Waals surface area contributed by atoms with Gasteiger partial charge in [-0.2, -0.15) is 0 Å². The van der Waals surface area contributed by atoms with E-state index in [9.17, 15) is 9.59 Å². The average Bonchev–Trinajstić information content (AvgIpc) is 2.62. The van der Waals surface area contributed by atoms with Crippen molar-refractivity contribution in [3.05, 3.63) is 29.3 Å². The van der Waals surface area contributed by atoms with Gasteiger partial charge >= 0.3 is 0 Å². The molecule has 5 heteroatoms. The van der Waals surface area contributed by atoms with E-state index in [0.717, 1.165) is 11.3 Å².